The van der Waals surface area contributed by atoms with E-state index >= 15 is 0 Å². The average Bonchev–Trinajstić information content (AvgIpc) is 2.68. The van der Waals surface area contributed by atoms with Crippen molar-refractivity contribution < 1.29 is 0 Å². The van der Waals surface area contributed by atoms with Crippen LogP contribution >= 0.6 is 0 Å². The molecule has 0 unspecified atom stereocenters. The van der Waals surface area contributed by atoms with E-state index in [-0.39, 0.29) is 0 Å². The molecule has 24 heavy (non-hydrogen) atoms. The van der Waals surface area contributed by atoms with Gasteiger partial charge in [-0.2, -0.15) is 0 Å². The van der Waals surface area contributed by atoms with Gasteiger partial charge in [0.05, 0.1) is 0 Å². The quantitative estimate of drug-likeness (QED) is 0.743. The standard InChI is InChI=1S/C19H21N5/c1-2-16-13-18(22-14-21-16)23-9-11-24(12-10-23)19-17-6-4-3-5-15(17)7-8-20-19/h3-8,13-14H,2,9-12H2,1H3. The highest BCUT2D eigenvalue weighted by Gasteiger charge is 2.20. The molecule has 0 atom stereocenters. The highest BCUT2D eigenvalue weighted by atomic mass is 15.3. The number of benzene rings is 1. The van der Waals surface area contributed by atoms with Gasteiger partial charge in [0.2, 0.25) is 0 Å². The number of aromatic nitrogens is 3. The lowest BCUT2D eigenvalue weighted by Crippen LogP contribution is -2.47. The summed E-state index contributed by atoms with van der Waals surface area (Å²) in [7, 11) is 0. The number of hydrogen-bond donors (Lipinski definition) is 0. The maximum absolute atomic E-state index is 4.64. The van der Waals surface area contributed by atoms with Crippen molar-refractivity contribution in [3.05, 3.63) is 54.6 Å². The van der Waals surface area contributed by atoms with Crippen LogP contribution < -0.4 is 9.80 Å². The van der Waals surface area contributed by atoms with E-state index in [4.69, 9.17) is 0 Å². The van der Waals surface area contributed by atoms with Crippen molar-refractivity contribution in [1.29, 1.82) is 0 Å². The summed E-state index contributed by atoms with van der Waals surface area (Å²) in [6.07, 6.45) is 4.52. The highest BCUT2D eigenvalue weighted by molar-refractivity contribution is 5.92. The second kappa shape index (κ2) is 6.43. The van der Waals surface area contributed by atoms with E-state index in [1.807, 2.05) is 6.20 Å². The third-order valence-electron chi connectivity index (χ3n) is 4.63. The maximum Gasteiger partial charge on any atom is 0.136 e. The Kier molecular flexibility index (Phi) is 3.99. The molecule has 1 aliphatic heterocycles. The van der Waals surface area contributed by atoms with E-state index in [1.165, 1.54) is 10.8 Å². The minimum atomic E-state index is 0.940. The second-order valence-corrected chi connectivity index (χ2v) is 6.05. The summed E-state index contributed by atoms with van der Waals surface area (Å²) >= 11 is 0. The normalized spacial score (nSPS) is 15.0. The molecule has 0 N–H and O–H groups in total. The molecule has 122 valence electrons. The van der Waals surface area contributed by atoms with Crippen molar-refractivity contribution in [3.8, 4) is 0 Å². The summed E-state index contributed by atoms with van der Waals surface area (Å²) in [5.41, 5.74) is 1.10. The molecule has 4 rings (SSSR count). The Morgan fingerprint density at radius 3 is 2.54 bits per heavy atom. The number of piperazine rings is 1. The van der Waals surface area contributed by atoms with Crippen LogP contribution in [0.3, 0.4) is 0 Å². The Labute approximate surface area is 142 Å². The first-order chi connectivity index (χ1) is 11.8. The van der Waals surface area contributed by atoms with Crippen molar-refractivity contribution in [2.24, 2.45) is 0 Å². The number of rotatable bonds is 3. The summed E-state index contributed by atoms with van der Waals surface area (Å²) in [4.78, 5) is 18.1. The van der Waals surface area contributed by atoms with Crippen LogP contribution in [0.25, 0.3) is 10.8 Å². The molecular weight excluding hydrogens is 298 g/mol. The fourth-order valence-corrected chi connectivity index (χ4v) is 3.26. The van der Waals surface area contributed by atoms with E-state index < -0.39 is 0 Å². The van der Waals surface area contributed by atoms with Gasteiger partial charge in [-0.25, -0.2) is 15.0 Å². The van der Waals surface area contributed by atoms with E-state index in [9.17, 15) is 0 Å². The monoisotopic (exact) mass is 319 g/mol. The first-order valence-electron chi connectivity index (χ1n) is 8.49. The van der Waals surface area contributed by atoms with Crippen molar-refractivity contribution in [2.75, 3.05) is 36.0 Å². The van der Waals surface area contributed by atoms with Gasteiger partial charge in [0.15, 0.2) is 0 Å². The zero-order chi connectivity index (χ0) is 16.4. The van der Waals surface area contributed by atoms with E-state index in [0.717, 1.165) is 49.9 Å². The molecule has 0 aliphatic carbocycles. The van der Waals surface area contributed by atoms with E-state index in [0.29, 0.717) is 0 Å². The molecule has 3 aromatic rings. The number of anilines is 2. The summed E-state index contributed by atoms with van der Waals surface area (Å²) < 4.78 is 0. The second-order valence-electron chi connectivity index (χ2n) is 6.05. The summed E-state index contributed by atoms with van der Waals surface area (Å²) in [5, 5.41) is 2.47. The van der Waals surface area contributed by atoms with Gasteiger partial charge in [0.1, 0.15) is 18.0 Å². The largest absolute Gasteiger partial charge is 0.353 e. The van der Waals surface area contributed by atoms with Gasteiger partial charge in [-0.3, -0.25) is 0 Å². The van der Waals surface area contributed by atoms with Crippen LogP contribution in [0.4, 0.5) is 11.6 Å². The molecule has 1 aromatic carbocycles. The molecular formula is C19H21N5. The SMILES string of the molecule is CCc1cc(N2CCN(c3nccc4ccccc34)CC2)ncn1. The molecule has 1 aliphatic rings. The Bertz CT molecular complexity index is 835. The first kappa shape index (κ1) is 14.9. The van der Waals surface area contributed by atoms with E-state index in [2.05, 4.69) is 68.1 Å². The fraction of sp³-hybridized carbons (Fsp3) is 0.316. The van der Waals surface area contributed by atoms with Gasteiger partial charge in [0, 0.05) is 49.5 Å². The fourth-order valence-electron chi connectivity index (χ4n) is 3.26. The average molecular weight is 319 g/mol. The van der Waals surface area contributed by atoms with Gasteiger partial charge >= 0.3 is 0 Å². The Morgan fingerprint density at radius 2 is 1.71 bits per heavy atom. The van der Waals surface area contributed by atoms with Crippen molar-refractivity contribution in [3.63, 3.8) is 0 Å². The topological polar surface area (TPSA) is 45.2 Å². The Balaban J connectivity index is 1.53. The number of aryl methyl sites for hydroxylation is 1. The third kappa shape index (κ3) is 2.77. The minimum absolute atomic E-state index is 0.940. The van der Waals surface area contributed by atoms with Gasteiger partial charge < -0.3 is 9.80 Å². The third-order valence-corrected chi connectivity index (χ3v) is 4.63. The summed E-state index contributed by atoms with van der Waals surface area (Å²) in [6, 6.07) is 12.6. The molecule has 0 radical (unpaired) electrons. The first-order valence-corrected chi connectivity index (χ1v) is 8.49. The molecule has 5 nitrogen and oxygen atoms in total. The summed E-state index contributed by atoms with van der Waals surface area (Å²) in [5.74, 6) is 2.12. The molecule has 0 amide bonds. The molecule has 3 heterocycles. The molecule has 1 saturated heterocycles. The number of pyridine rings is 1. The van der Waals surface area contributed by atoms with Gasteiger partial charge in [-0.1, -0.05) is 31.2 Å². The van der Waals surface area contributed by atoms with Crippen LogP contribution in [0.5, 0.6) is 0 Å². The van der Waals surface area contributed by atoms with Crippen LogP contribution in [-0.4, -0.2) is 41.1 Å². The zero-order valence-electron chi connectivity index (χ0n) is 13.9. The molecule has 0 bridgehead atoms. The van der Waals surface area contributed by atoms with Crippen molar-refractivity contribution in [1.82, 2.24) is 15.0 Å². The Hall–Kier alpha value is -2.69. The molecule has 0 spiro atoms. The van der Waals surface area contributed by atoms with Crippen LogP contribution in [0, 0.1) is 0 Å². The van der Waals surface area contributed by atoms with Crippen molar-refractivity contribution in [2.45, 2.75) is 13.3 Å². The lowest BCUT2D eigenvalue weighted by molar-refractivity contribution is 0.642. The van der Waals surface area contributed by atoms with Crippen LogP contribution in [-0.2, 0) is 6.42 Å². The van der Waals surface area contributed by atoms with E-state index in [1.54, 1.807) is 6.33 Å². The van der Waals surface area contributed by atoms with Crippen LogP contribution in [0.15, 0.2) is 48.9 Å². The smallest absolute Gasteiger partial charge is 0.136 e. The minimum Gasteiger partial charge on any atom is -0.353 e. The predicted octanol–water partition coefficient (Wildman–Crippen LogP) is 2.91. The molecule has 1 fully saturated rings. The highest BCUT2D eigenvalue weighted by Crippen LogP contribution is 2.25. The van der Waals surface area contributed by atoms with Crippen LogP contribution in [0.2, 0.25) is 0 Å². The lowest BCUT2D eigenvalue weighted by Gasteiger charge is -2.36. The van der Waals surface area contributed by atoms with Gasteiger partial charge in [-0.15, -0.1) is 0 Å². The van der Waals surface area contributed by atoms with Gasteiger partial charge in [-0.05, 0) is 17.9 Å². The molecule has 5 heteroatoms. The number of fused-ring (bicyclic) bond motifs is 1. The predicted molar refractivity (Wildman–Crippen MR) is 97.6 cm³/mol. The lowest BCUT2D eigenvalue weighted by atomic mass is 10.1. The number of hydrogen-bond acceptors (Lipinski definition) is 5. The molecule has 0 saturated carbocycles. The number of nitrogens with zero attached hydrogens (tertiary/aromatic N) is 5. The molecule has 2 aromatic heterocycles. The maximum atomic E-state index is 4.64. The van der Waals surface area contributed by atoms with Crippen LogP contribution in [0.1, 0.15) is 12.6 Å². The van der Waals surface area contributed by atoms with Gasteiger partial charge in [0.25, 0.3) is 0 Å². The Morgan fingerprint density at radius 1 is 0.917 bits per heavy atom. The van der Waals surface area contributed by atoms with Crippen molar-refractivity contribution >= 4 is 22.4 Å². The summed E-state index contributed by atoms with van der Waals surface area (Å²) in [6.45, 7) is 5.92. The zero-order valence-corrected chi connectivity index (χ0v) is 13.9.